The second kappa shape index (κ2) is 6.24. The van der Waals surface area contributed by atoms with Gasteiger partial charge in [0.25, 0.3) is 10.2 Å². The van der Waals surface area contributed by atoms with Crippen molar-refractivity contribution < 1.29 is 8.42 Å². The Bertz CT molecular complexity index is 500. The molecule has 0 amide bonds. The predicted molar refractivity (Wildman–Crippen MR) is 76.3 cm³/mol. The van der Waals surface area contributed by atoms with Crippen LogP contribution in [-0.4, -0.2) is 19.4 Å². The van der Waals surface area contributed by atoms with Crippen LogP contribution in [0.5, 0.6) is 0 Å². The van der Waals surface area contributed by atoms with Crippen LogP contribution in [0.2, 0.25) is 0 Å². The first-order valence-corrected chi connectivity index (χ1v) is 7.35. The van der Waals surface area contributed by atoms with Crippen LogP contribution in [0.1, 0.15) is 25.5 Å². The Morgan fingerprint density at radius 3 is 2.22 bits per heavy atom. The molecule has 0 spiro atoms. The van der Waals surface area contributed by atoms with E-state index < -0.39 is 16.3 Å². The van der Waals surface area contributed by atoms with Crippen LogP contribution < -0.4 is 15.2 Å². The van der Waals surface area contributed by atoms with Crippen molar-refractivity contribution in [2.75, 3.05) is 0 Å². The highest BCUT2D eigenvalue weighted by atomic mass is 32.2. The quantitative estimate of drug-likeness (QED) is 0.677. The molecule has 0 aliphatic rings. The molecule has 1 aromatic rings. The first-order valence-electron chi connectivity index (χ1n) is 5.45. The average molecular weight is 287 g/mol. The van der Waals surface area contributed by atoms with Crippen LogP contribution in [0.15, 0.2) is 30.3 Å². The zero-order valence-electron chi connectivity index (χ0n) is 10.3. The summed E-state index contributed by atoms with van der Waals surface area (Å²) in [5.74, 6) is 0. The maximum atomic E-state index is 11.8. The Kier molecular flexibility index (Phi) is 5.21. The topological polar surface area (TPSA) is 84.2 Å². The summed E-state index contributed by atoms with van der Waals surface area (Å²) >= 11 is 4.90. The lowest BCUT2D eigenvalue weighted by Crippen LogP contribution is -2.45. The van der Waals surface area contributed by atoms with Crippen molar-refractivity contribution in [2.24, 2.45) is 5.73 Å². The second-order valence-electron chi connectivity index (χ2n) is 4.14. The Morgan fingerprint density at radius 2 is 1.78 bits per heavy atom. The monoisotopic (exact) mass is 287 g/mol. The van der Waals surface area contributed by atoms with E-state index in [2.05, 4.69) is 9.44 Å². The van der Waals surface area contributed by atoms with Gasteiger partial charge in [-0.05, 0) is 19.4 Å². The van der Waals surface area contributed by atoms with Crippen molar-refractivity contribution in [1.82, 2.24) is 9.44 Å². The summed E-state index contributed by atoms with van der Waals surface area (Å²) < 4.78 is 28.4. The van der Waals surface area contributed by atoms with E-state index in [1.54, 1.807) is 38.1 Å². The van der Waals surface area contributed by atoms with Crippen molar-refractivity contribution in [3.05, 3.63) is 35.9 Å². The molecule has 0 fully saturated rings. The molecule has 0 bridgehead atoms. The van der Waals surface area contributed by atoms with E-state index in [9.17, 15) is 8.42 Å². The molecule has 7 heteroatoms. The van der Waals surface area contributed by atoms with Gasteiger partial charge in [0.2, 0.25) is 0 Å². The molecule has 100 valence electrons. The molecule has 1 aromatic carbocycles. The summed E-state index contributed by atoms with van der Waals surface area (Å²) in [6.45, 7) is 3.47. The largest absolute Gasteiger partial charge is 0.392 e. The van der Waals surface area contributed by atoms with Gasteiger partial charge in [0.05, 0.1) is 11.0 Å². The minimum Gasteiger partial charge on any atom is -0.392 e. The zero-order valence-corrected chi connectivity index (χ0v) is 11.9. The van der Waals surface area contributed by atoms with Crippen LogP contribution in [-0.2, 0) is 10.2 Å². The number of nitrogens with two attached hydrogens (primary N) is 1. The van der Waals surface area contributed by atoms with E-state index in [0.717, 1.165) is 0 Å². The van der Waals surface area contributed by atoms with Crippen molar-refractivity contribution in [3.8, 4) is 0 Å². The van der Waals surface area contributed by atoms with Gasteiger partial charge in [-0.2, -0.15) is 17.9 Å². The highest BCUT2D eigenvalue weighted by Crippen LogP contribution is 2.13. The van der Waals surface area contributed by atoms with Gasteiger partial charge in [0.15, 0.2) is 0 Å². The van der Waals surface area contributed by atoms with E-state index in [-0.39, 0.29) is 11.0 Å². The van der Waals surface area contributed by atoms with Crippen LogP contribution in [0.4, 0.5) is 0 Å². The fourth-order valence-corrected chi connectivity index (χ4v) is 2.97. The first kappa shape index (κ1) is 15.0. The van der Waals surface area contributed by atoms with Gasteiger partial charge in [-0.25, -0.2) is 0 Å². The standard InChI is InChI=1S/C11H17N3O2S2/c1-8(2)13-18(15,16)14-10(11(12)17)9-6-4-3-5-7-9/h3-8,10,13-14H,1-2H3,(H2,12,17). The van der Waals surface area contributed by atoms with Gasteiger partial charge in [0, 0.05) is 6.04 Å². The molecular weight excluding hydrogens is 270 g/mol. The smallest absolute Gasteiger partial charge is 0.278 e. The van der Waals surface area contributed by atoms with Crippen LogP contribution in [0.25, 0.3) is 0 Å². The Labute approximate surface area is 113 Å². The van der Waals surface area contributed by atoms with E-state index >= 15 is 0 Å². The number of hydrogen-bond acceptors (Lipinski definition) is 3. The molecule has 1 rings (SSSR count). The molecule has 0 aromatic heterocycles. The maximum absolute atomic E-state index is 11.8. The molecule has 5 nitrogen and oxygen atoms in total. The van der Waals surface area contributed by atoms with Gasteiger partial charge in [-0.1, -0.05) is 42.5 Å². The number of thiocarbonyl (C=S) groups is 1. The Balaban J connectivity index is 2.93. The fraction of sp³-hybridized carbons (Fsp3) is 0.364. The summed E-state index contributed by atoms with van der Waals surface area (Å²) in [6, 6.07) is 8.04. The molecule has 0 aliphatic carbocycles. The van der Waals surface area contributed by atoms with Gasteiger partial charge < -0.3 is 5.73 Å². The molecule has 4 N–H and O–H groups in total. The molecule has 0 aliphatic heterocycles. The first-order chi connectivity index (χ1) is 8.32. The molecule has 0 heterocycles. The van der Waals surface area contributed by atoms with Crippen molar-refractivity contribution >= 4 is 27.4 Å². The third-order valence-electron chi connectivity index (χ3n) is 2.08. The summed E-state index contributed by atoms with van der Waals surface area (Å²) in [7, 11) is -3.64. The highest BCUT2D eigenvalue weighted by molar-refractivity contribution is 7.87. The summed E-state index contributed by atoms with van der Waals surface area (Å²) in [5.41, 5.74) is 6.29. The molecule has 1 atom stereocenters. The minimum absolute atomic E-state index is 0.0790. The fourth-order valence-electron chi connectivity index (χ4n) is 1.44. The average Bonchev–Trinajstić information content (AvgIpc) is 2.25. The normalized spacial score (nSPS) is 13.5. The van der Waals surface area contributed by atoms with Crippen LogP contribution in [0.3, 0.4) is 0 Å². The third kappa shape index (κ3) is 4.69. The summed E-state index contributed by atoms with van der Waals surface area (Å²) in [5, 5.41) is 0. The van der Waals surface area contributed by atoms with E-state index in [4.69, 9.17) is 18.0 Å². The zero-order chi connectivity index (χ0) is 13.8. The molecular formula is C11H17N3O2S2. The summed E-state index contributed by atoms with van der Waals surface area (Å²) in [4.78, 5) is 0.0790. The molecule has 0 saturated carbocycles. The highest BCUT2D eigenvalue weighted by Gasteiger charge is 2.21. The van der Waals surface area contributed by atoms with Gasteiger partial charge in [-0.15, -0.1) is 0 Å². The lowest BCUT2D eigenvalue weighted by molar-refractivity contribution is 0.551. The van der Waals surface area contributed by atoms with Crippen molar-refractivity contribution in [3.63, 3.8) is 0 Å². The lowest BCUT2D eigenvalue weighted by atomic mass is 10.1. The predicted octanol–water partition coefficient (Wildman–Crippen LogP) is 0.846. The van der Waals surface area contributed by atoms with E-state index in [0.29, 0.717) is 5.56 Å². The number of hydrogen-bond donors (Lipinski definition) is 3. The molecule has 1 unspecified atom stereocenters. The Morgan fingerprint density at radius 1 is 1.22 bits per heavy atom. The van der Waals surface area contributed by atoms with Gasteiger partial charge in [-0.3, -0.25) is 0 Å². The maximum Gasteiger partial charge on any atom is 0.278 e. The van der Waals surface area contributed by atoms with Crippen molar-refractivity contribution in [1.29, 1.82) is 0 Å². The molecule has 0 radical (unpaired) electrons. The van der Waals surface area contributed by atoms with Gasteiger partial charge >= 0.3 is 0 Å². The molecule has 18 heavy (non-hydrogen) atoms. The Hall–Kier alpha value is -1.02. The lowest BCUT2D eigenvalue weighted by Gasteiger charge is -2.19. The summed E-state index contributed by atoms with van der Waals surface area (Å²) in [6.07, 6.45) is 0. The minimum atomic E-state index is -3.64. The third-order valence-corrected chi connectivity index (χ3v) is 3.64. The van der Waals surface area contributed by atoms with Crippen molar-refractivity contribution in [2.45, 2.75) is 25.9 Å². The number of rotatable bonds is 6. The number of benzene rings is 1. The SMILES string of the molecule is CC(C)NS(=O)(=O)NC(C(N)=S)c1ccccc1. The number of nitrogens with one attached hydrogen (secondary N) is 2. The van der Waals surface area contributed by atoms with Crippen LogP contribution in [0, 0.1) is 0 Å². The van der Waals surface area contributed by atoms with Crippen LogP contribution >= 0.6 is 12.2 Å². The second-order valence-corrected chi connectivity index (χ2v) is 6.09. The van der Waals surface area contributed by atoms with Gasteiger partial charge in [0.1, 0.15) is 0 Å². The van der Waals surface area contributed by atoms with E-state index in [1.165, 1.54) is 0 Å². The van der Waals surface area contributed by atoms with E-state index in [1.807, 2.05) is 6.07 Å². The molecule has 0 saturated heterocycles.